The largest absolute Gasteiger partial charge is 0.466 e. The van der Waals surface area contributed by atoms with Crippen LogP contribution in [0.25, 0.3) is 0 Å². The number of amides is 1. The van der Waals surface area contributed by atoms with E-state index in [0.29, 0.717) is 22.8 Å². The van der Waals surface area contributed by atoms with E-state index in [1.807, 2.05) is 0 Å². The Hall–Kier alpha value is -2.30. The predicted octanol–water partition coefficient (Wildman–Crippen LogP) is 3.18. The Bertz CT molecular complexity index is 647. The van der Waals surface area contributed by atoms with E-state index in [-0.39, 0.29) is 11.6 Å². The van der Waals surface area contributed by atoms with Gasteiger partial charge in [-0.3, -0.25) is 4.79 Å². The van der Waals surface area contributed by atoms with E-state index in [4.69, 9.17) is 10.2 Å². The second-order valence-corrected chi connectivity index (χ2v) is 4.40. The molecule has 2 aromatic rings. The van der Waals surface area contributed by atoms with Crippen molar-refractivity contribution in [2.45, 2.75) is 20.8 Å². The van der Waals surface area contributed by atoms with Gasteiger partial charge in [-0.25, -0.2) is 4.39 Å². The minimum Gasteiger partial charge on any atom is -0.466 e. The Morgan fingerprint density at radius 3 is 2.53 bits per heavy atom. The lowest BCUT2D eigenvalue weighted by Gasteiger charge is -2.08. The number of hydrogen-bond acceptors (Lipinski definition) is 3. The first kappa shape index (κ1) is 13.1. The summed E-state index contributed by atoms with van der Waals surface area (Å²) < 4.78 is 18.5. The van der Waals surface area contributed by atoms with Crippen LogP contribution in [0.4, 0.5) is 15.8 Å². The average molecular weight is 262 g/mol. The van der Waals surface area contributed by atoms with Crippen LogP contribution < -0.4 is 11.1 Å². The van der Waals surface area contributed by atoms with Gasteiger partial charge in [0.2, 0.25) is 0 Å². The summed E-state index contributed by atoms with van der Waals surface area (Å²) in [6.45, 7) is 5.30. The van der Waals surface area contributed by atoms with E-state index in [0.717, 1.165) is 5.56 Å². The van der Waals surface area contributed by atoms with Crippen LogP contribution >= 0.6 is 0 Å². The van der Waals surface area contributed by atoms with Gasteiger partial charge in [0.05, 0.1) is 16.9 Å². The normalized spacial score (nSPS) is 10.5. The Morgan fingerprint density at radius 2 is 1.95 bits per heavy atom. The smallest absolute Gasteiger partial charge is 0.259 e. The molecule has 5 heteroatoms. The number of halogens is 1. The summed E-state index contributed by atoms with van der Waals surface area (Å²) in [7, 11) is 0. The lowest BCUT2D eigenvalue weighted by atomic mass is 10.1. The minimum atomic E-state index is -0.457. The molecule has 0 atom stereocenters. The number of hydrogen-bond donors (Lipinski definition) is 2. The molecule has 0 saturated carbocycles. The van der Waals surface area contributed by atoms with Crippen molar-refractivity contribution in [1.82, 2.24) is 0 Å². The molecule has 0 aliphatic carbocycles. The number of aryl methyl sites for hydroxylation is 2. The summed E-state index contributed by atoms with van der Waals surface area (Å²) in [6.07, 6.45) is 0. The molecule has 0 aliphatic heterocycles. The Balaban J connectivity index is 2.33. The SMILES string of the molecule is Cc1oc(C)c(C(=O)Nc2cc(F)ccc2N)c1C. The van der Waals surface area contributed by atoms with Gasteiger partial charge < -0.3 is 15.5 Å². The van der Waals surface area contributed by atoms with Gasteiger partial charge >= 0.3 is 0 Å². The fourth-order valence-electron chi connectivity index (χ4n) is 1.95. The fraction of sp³-hybridized carbons (Fsp3) is 0.214. The molecular weight excluding hydrogens is 247 g/mol. The molecule has 0 aliphatic rings. The Morgan fingerprint density at radius 1 is 1.26 bits per heavy atom. The molecular formula is C14H15FN2O2. The van der Waals surface area contributed by atoms with Gasteiger partial charge in [0.1, 0.15) is 17.3 Å². The van der Waals surface area contributed by atoms with Crippen LogP contribution in [0.2, 0.25) is 0 Å². The topological polar surface area (TPSA) is 68.3 Å². The number of benzene rings is 1. The van der Waals surface area contributed by atoms with Crippen LogP contribution in [0.3, 0.4) is 0 Å². The maximum Gasteiger partial charge on any atom is 0.259 e. The van der Waals surface area contributed by atoms with Gasteiger partial charge in [0, 0.05) is 5.56 Å². The molecule has 100 valence electrons. The van der Waals surface area contributed by atoms with Crippen molar-refractivity contribution in [3.05, 3.63) is 46.7 Å². The zero-order valence-corrected chi connectivity index (χ0v) is 11.0. The van der Waals surface area contributed by atoms with E-state index in [1.54, 1.807) is 20.8 Å². The highest BCUT2D eigenvalue weighted by molar-refractivity contribution is 6.07. The van der Waals surface area contributed by atoms with E-state index in [1.165, 1.54) is 18.2 Å². The van der Waals surface area contributed by atoms with Crippen molar-refractivity contribution in [3.63, 3.8) is 0 Å². The number of anilines is 2. The standard InChI is InChI=1S/C14H15FN2O2/c1-7-8(2)19-9(3)13(7)14(18)17-12-6-10(15)4-5-11(12)16/h4-6H,16H2,1-3H3,(H,17,18). The highest BCUT2D eigenvalue weighted by Crippen LogP contribution is 2.24. The summed E-state index contributed by atoms with van der Waals surface area (Å²) in [5, 5.41) is 2.60. The molecule has 0 fully saturated rings. The minimum absolute atomic E-state index is 0.252. The van der Waals surface area contributed by atoms with Gasteiger partial charge in [-0.15, -0.1) is 0 Å². The molecule has 0 saturated heterocycles. The first-order valence-corrected chi connectivity index (χ1v) is 5.83. The van der Waals surface area contributed by atoms with Gasteiger partial charge in [0.25, 0.3) is 5.91 Å². The lowest BCUT2D eigenvalue weighted by molar-refractivity contribution is 0.102. The summed E-state index contributed by atoms with van der Waals surface area (Å²) in [4.78, 5) is 12.2. The van der Waals surface area contributed by atoms with Crippen molar-refractivity contribution in [2.24, 2.45) is 0 Å². The van der Waals surface area contributed by atoms with Crippen molar-refractivity contribution in [1.29, 1.82) is 0 Å². The molecule has 4 nitrogen and oxygen atoms in total. The molecule has 1 heterocycles. The highest BCUT2D eigenvalue weighted by Gasteiger charge is 2.19. The fourth-order valence-corrected chi connectivity index (χ4v) is 1.95. The summed E-state index contributed by atoms with van der Waals surface area (Å²) in [5.41, 5.74) is 7.48. The molecule has 0 bridgehead atoms. The highest BCUT2D eigenvalue weighted by atomic mass is 19.1. The molecule has 3 N–H and O–H groups in total. The zero-order valence-electron chi connectivity index (χ0n) is 11.0. The monoisotopic (exact) mass is 262 g/mol. The van der Waals surface area contributed by atoms with Crippen LogP contribution in [0.15, 0.2) is 22.6 Å². The van der Waals surface area contributed by atoms with Gasteiger partial charge in [-0.2, -0.15) is 0 Å². The molecule has 0 spiro atoms. The third-order valence-corrected chi connectivity index (χ3v) is 3.05. The number of nitrogen functional groups attached to an aromatic ring is 1. The quantitative estimate of drug-likeness (QED) is 0.817. The van der Waals surface area contributed by atoms with E-state index in [9.17, 15) is 9.18 Å². The van der Waals surface area contributed by atoms with Crippen LogP contribution in [0.1, 0.15) is 27.4 Å². The molecule has 0 unspecified atom stereocenters. The van der Waals surface area contributed by atoms with Crippen LogP contribution in [0.5, 0.6) is 0 Å². The van der Waals surface area contributed by atoms with Crippen molar-refractivity contribution >= 4 is 17.3 Å². The zero-order chi connectivity index (χ0) is 14.2. The third-order valence-electron chi connectivity index (χ3n) is 3.05. The number of carbonyl (C=O) groups is 1. The summed E-state index contributed by atoms with van der Waals surface area (Å²) in [6, 6.07) is 3.83. The number of rotatable bonds is 2. The van der Waals surface area contributed by atoms with E-state index >= 15 is 0 Å². The van der Waals surface area contributed by atoms with Gasteiger partial charge in [0.15, 0.2) is 0 Å². The van der Waals surface area contributed by atoms with Crippen LogP contribution in [-0.2, 0) is 0 Å². The van der Waals surface area contributed by atoms with Crippen LogP contribution in [-0.4, -0.2) is 5.91 Å². The molecule has 0 radical (unpaired) electrons. The molecule has 1 amide bonds. The second kappa shape index (κ2) is 4.76. The van der Waals surface area contributed by atoms with Gasteiger partial charge in [-0.1, -0.05) is 0 Å². The Labute approximate surface area is 110 Å². The Kier molecular flexibility index (Phi) is 3.29. The number of carbonyl (C=O) groups excluding carboxylic acids is 1. The molecule has 2 rings (SSSR count). The summed E-state index contributed by atoms with van der Waals surface area (Å²) >= 11 is 0. The van der Waals surface area contributed by atoms with Crippen molar-refractivity contribution in [3.8, 4) is 0 Å². The van der Waals surface area contributed by atoms with Crippen LogP contribution in [0, 0.1) is 26.6 Å². The molecule has 1 aromatic heterocycles. The molecule has 19 heavy (non-hydrogen) atoms. The maximum atomic E-state index is 13.1. The first-order valence-electron chi connectivity index (χ1n) is 5.83. The van der Waals surface area contributed by atoms with E-state index in [2.05, 4.69) is 5.32 Å². The number of nitrogens with one attached hydrogen (secondary N) is 1. The van der Waals surface area contributed by atoms with Crippen molar-refractivity contribution < 1.29 is 13.6 Å². The predicted molar refractivity (Wildman–Crippen MR) is 71.7 cm³/mol. The first-order chi connectivity index (χ1) is 8.90. The lowest BCUT2D eigenvalue weighted by Crippen LogP contribution is -2.14. The third kappa shape index (κ3) is 2.45. The number of nitrogens with two attached hydrogens (primary N) is 1. The summed E-state index contributed by atoms with van der Waals surface area (Å²) in [5.74, 6) is 0.405. The number of furan rings is 1. The van der Waals surface area contributed by atoms with Gasteiger partial charge in [-0.05, 0) is 39.0 Å². The maximum absolute atomic E-state index is 13.1. The van der Waals surface area contributed by atoms with Crippen molar-refractivity contribution in [2.75, 3.05) is 11.1 Å². The van der Waals surface area contributed by atoms with E-state index < -0.39 is 5.82 Å². The molecule has 1 aromatic carbocycles. The second-order valence-electron chi connectivity index (χ2n) is 4.40. The average Bonchev–Trinajstić information content (AvgIpc) is 2.58.